The summed E-state index contributed by atoms with van der Waals surface area (Å²) in [5, 5.41) is 0. The zero-order valence-corrected chi connectivity index (χ0v) is 19.7. The first-order valence-corrected chi connectivity index (χ1v) is 12.3. The van der Waals surface area contributed by atoms with Gasteiger partial charge in [0, 0.05) is 30.6 Å². The SMILES string of the molecule is CN1c2ccccc2C(C)(C)C12C=NC1(CO2)Cc2ccccc2C(N2CCCCC2)C1. The number of nitrogens with zero attached hydrogens (tertiary/aromatic N) is 3. The molecule has 32 heavy (non-hydrogen) atoms. The molecule has 1 aliphatic carbocycles. The molecule has 1 saturated heterocycles. The quantitative estimate of drug-likeness (QED) is 0.630. The molecule has 6 rings (SSSR count). The van der Waals surface area contributed by atoms with Gasteiger partial charge in [0.15, 0.2) is 5.72 Å². The van der Waals surface area contributed by atoms with Crippen LogP contribution in [0.5, 0.6) is 0 Å². The van der Waals surface area contributed by atoms with Crippen LogP contribution in [0, 0.1) is 0 Å². The maximum atomic E-state index is 6.94. The molecule has 1 fully saturated rings. The van der Waals surface area contributed by atoms with Crippen molar-refractivity contribution in [1.29, 1.82) is 0 Å². The van der Waals surface area contributed by atoms with Crippen LogP contribution >= 0.6 is 0 Å². The molecule has 3 heterocycles. The molecule has 2 aromatic rings. The minimum atomic E-state index is -0.528. The van der Waals surface area contributed by atoms with Crippen molar-refractivity contribution >= 4 is 11.9 Å². The Balaban J connectivity index is 1.37. The molecule has 0 aromatic heterocycles. The maximum absolute atomic E-state index is 6.94. The number of likely N-dealkylation sites (tertiary alicyclic amines) is 1. The Labute approximate surface area is 192 Å². The third-order valence-electron chi connectivity index (χ3n) is 8.75. The van der Waals surface area contributed by atoms with Crippen molar-refractivity contribution in [2.24, 2.45) is 4.99 Å². The topological polar surface area (TPSA) is 28.1 Å². The van der Waals surface area contributed by atoms with Gasteiger partial charge in [-0.2, -0.15) is 0 Å². The molecule has 3 unspecified atom stereocenters. The van der Waals surface area contributed by atoms with Crippen molar-refractivity contribution in [3.63, 3.8) is 0 Å². The number of rotatable bonds is 1. The monoisotopic (exact) mass is 429 g/mol. The van der Waals surface area contributed by atoms with E-state index in [-0.39, 0.29) is 11.0 Å². The molecule has 168 valence electrons. The first-order chi connectivity index (χ1) is 15.5. The summed E-state index contributed by atoms with van der Waals surface area (Å²) in [5.41, 5.74) is 4.69. The van der Waals surface area contributed by atoms with Gasteiger partial charge in [-0.15, -0.1) is 0 Å². The molecule has 4 heteroatoms. The summed E-state index contributed by atoms with van der Waals surface area (Å²) < 4.78 is 6.94. The van der Waals surface area contributed by atoms with Gasteiger partial charge in [-0.3, -0.25) is 9.89 Å². The molecule has 4 aliphatic rings. The van der Waals surface area contributed by atoms with E-state index < -0.39 is 5.72 Å². The van der Waals surface area contributed by atoms with E-state index in [9.17, 15) is 0 Å². The molecule has 0 N–H and O–H groups in total. The average molecular weight is 430 g/mol. The Hall–Kier alpha value is -2.17. The summed E-state index contributed by atoms with van der Waals surface area (Å²) in [6.45, 7) is 7.67. The van der Waals surface area contributed by atoms with Gasteiger partial charge >= 0.3 is 0 Å². The largest absolute Gasteiger partial charge is 0.347 e. The highest BCUT2D eigenvalue weighted by molar-refractivity contribution is 5.84. The molecule has 2 spiro atoms. The predicted molar refractivity (Wildman–Crippen MR) is 131 cm³/mol. The summed E-state index contributed by atoms with van der Waals surface area (Å²) >= 11 is 0. The van der Waals surface area contributed by atoms with Gasteiger partial charge in [-0.05, 0) is 55.1 Å². The van der Waals surface area contributed by atoms with Gasteiger partial charge in [0.2, 0.25) is 0 Å². The lowest BCUT2D eigenvalue weighted by Gasteiger charge is -2.51. The highest BCUT2D eigenvalue weighted by Gasteiger charge is 2.59. The van der Waals surface area contributed by atoms with Crippen LogP contribution in [-0.4, -0.2) is 49.1 Å². The fourth-order valence-electron chi connectivity index (χ4n) is 6.84. The van der Waals surface area contributed by atoms with Crippen LogP contribution in [0.25, 0.3) is 0 Å². The van der Waals surface area contributed by atoms with E-state index >= 15 is 0 Å². The molecule has 4 nitrogen and oxygen atoms in total. The van der Waals surface area contributed by atoms with Crippen LogP contribution in [0.4, 0.5) is 5.69 Å². The van der Waals surface area contributed by atoms with Crippen LogP contribution < -0.4 is 4.90 Å². The predicted octanol–water partition coefficient (Wildman–Crippen LogP) is 5.12. The summed E-state index contributed by atoms with van der Waals surface area (Å²) in [6, 6.07) is 18.2. The molecular weight excluding hydrogens is 394 g/mol. The number of hydrogen-bond acceptors (Lipinski definition) is 4. The smallest absolute Gasteiger partial charge is 0.186 e. The van der Waals surface area contributed by atoms with E-state index in [4.69, 9.17) is 9.73 Å². The van der Waals surface area contributed by atoms with Gasteiger partial charge in [-0.25, -0.2) is 0 Å². The molecule has 0 saturated carbocycles. The molecule has 2 aromatic carbocycles. The Morgan fingerprint density at radius 1 is 0.969 bits per heavy atom. The van der Waals surface area contributed by atoms with Crippen LogP contribution in [0.3, 0.4) is 0 Å². The highest BCUT2D eigenvalue weighted by Crippen LogP contribution is 2.53. The minimum absolute atomic E-state index is 0.164. The van der Waals surface area contributed by atoms with Crippen LogP contribution in [0.1, 0.15) is 62.3 Å². The van der Waals surface area contributed by atoms with Gasteiger partial charge in [0.1, 0.15) is 0 Å². The fourth-order valence-corrected chi connectivity index (χ4v) is 6.84. The number of piperidine rings is 1. The van der Waals surface area contributed by atoms with Crippen molar-refractivity contribution in [1.82, 2.24) is 4.90 Å². The molecule has 0 bridgehead atoms. The van der Waals surface area contributed by atoms with Crippen molar-refractivity contribution in [2.45, 2.75) is 68.7 Å². The van der Waals surface area contributed by atoms with Crippen LogP contribution in [0.2, 0.25) is 0 Å². The molecule has 3 atom stereocenters. The van der Waals surface area contributed by atoms with Crippen molar-refractivity contribution in [2.75, 3.05) is 31.6 Å². The highest BCUT2D eigenvalue weighted by atomic mass is 16.5. The van der Waals surface area contributed by atoms with Crippen LogP contribution in [-0.2, 0) is 16.6 Å². The fraction of sp³-hybridized carbons (Fsp3) is 0.536. The number of ether oxygens (including phenoxy) is 1. The molecule has 0 radical (unpaired) electrons. The van der Waals surface area contributed by atoms with Crippen molar-refractivity contribution in [3.05, 3.63) is 65.2 Å². The summed E-state index contributed by atoms with van der Waals surface area (Å²) in [5.74, 6) is 0. The van der Waals surface area contributed by atoms with Gasteiger partial charge in [0.25, 0.3) is 0 Å². The first kappa shape index (κ1) is 20.4. The standard InChI is InChI=1S/C28H35N3O/c1-26(2)23-13-7-8-14-24(23)30(3)28(26)19-29-27(20-32-28)17-21-11-5-6-12-22(21)25(18-27)31-15-9-4-10-16-31/h5-8,11-14,19,25H,4,9-10,15-18,20H2,1-3H3. The number of anilines is 1. The van der Waals surface area contributed by atoms with Crippen LogP contribution in [0.15, 0.2) is 53.5 Å². The van der Waals surface area contributed by atoms with Gasteiger partial charge in [-0.1, -0.05) is 62.7 Å². The molecular formula is C28H35N3O. The third kappa shape index (κ3) is 2.78. The average Bonchev–Trinajstić information content (AvgIpc) is 2.99. The third-order valence-corrected chi connectivity index (χ3v) is 8.75. The van der Waals surface area contributed by atoms with E-state index in [0.717, 1.165) is 12.8 Å². The van der Waals surface area contributed by atoms with E-state index in [2.05, 4.69) is 85.4 Å². The van der Waals surface area contributed by atoms with Crippen molar-refractivity contribution < 1.29 is 4.74 Å². The lowest BCUT2D eigenvalue weighted by molar-refractivity contribution is -0.0678. The number of benzene rings is 2. The Morgan fingerprint density at radius 2 is 1.72 bits per heavy atom. The van der Waals surface area contributed by atoms with Crippen molar-refractivity contribution in [3.8, 4) is 0 Å². The number of aliphatic imine (C=N–C) groups is 1. The van der Waals surface area contributed by atoms with E-state index in [1.165, 1.54) is 54.7 Å². The second kappa shape index (κ2) is 7.16. The van der Waals surface area contributed by atoms with E-state index in [1.807, 2.05) is 0 Å². The lowest BCUT2D eigenvalue weighted by Crippen LogP contribution is -2.63. The summed E-state index contributed by atoms with van der Waals surface area (Å²) in [4.78, 5) is 10.4. The molecule has 0 amide bonds. The first-order valence-electron chi connectivity index (χ1n) is 12.3. The van der Waals surface area contributed by atoms with Gasteiger partial charge < -0.3 is 9.64 Å². The number of hydrogen-bond donors (Lipinski definition) is 0. The maximum Gasteiger partial charge on any atom is 0.186 e. The Bertz CT molecular complexity index is 1060. The Morgan fingerprint density at radius 3 is 2.47 bits per heavy atom. The second-order valence-electron chi connectivity index (χ2n) is 10.9. The van der Waals surface area contributed by atoms with E-state index in [0.29, 0.717) is 12.6 Å². The summed E-state index contributed by atoms with van der Waals surface area (Å²) in [7, 11) is 2.16. The zero-order valence-electron chi connectivity index (χ0n) is 19.7. The zero-order chi connectivity index (χ0) is 22.0. The second-order valence-corrected chi connectivity index (χ2v) is 10.9. The number of fused-ring (bicyclic) bond motifs is 2. The van der Waals surface area contributed by atoms with E-state index in [1.54, 1.807) is 0 Å². The minimum Gasteiger partial charge on any atom is -0.347 e. The lowest BCUT2D eigenvalue weighted by atomic mass is 9.73. The number of likely N-dealkylation sites (N-methyl/N-ethyl adjacent to an activating group) is 1. The normalized spacial score (nSPS) is 33.5. The van der Waals surface area contributed by atoms with Gasteiger partial charge in [0.05, 0.1) is 18.4 Å². The Kier molecular flexibility index (Phi) is 4.58. The molecule has 3 aliphatic heterocycles. The number of para-hydroxylation sites is 1. The summed E-state index contributed by atoms with van der Waals surface area (Å²) in [6.07, 6.45) is 8.17.